The predicted molar refractivity (Wildman–Crippen MR) is 53.3 cm³/mol. The predicted octanol–water partition coefficient (Wildman–Crippen LogP) is 0.300. The molecule has 13 heavy (non-hydrogen) atoms. The molecule has 0 aliphatic heterocycles. The van der Waals surface area contributed by atoms with Crippen molar-refractivity contribution in [2.45, 2.75) is 6.92 Å². The van der Waals surface area contributed by atoms with Crippen LogP contribution in [0.4, 0.5) is 0 Å². The van der Waals surface area contributed by atoms with E-state index >= 15 is 0 Å². The minimum Gasteiger partial charge on any atom is -0.385 e. The first kappa shape index (κ1) is 11.6. The molecule has 0 unspecified atom stereocenters. The smallest absolute Gasteiger partial charge is 0.252 e. The first-order valence-electron chi connectivity index (χ1n) is 3.44. The fraction of sp³-hybridized carbons (Fsp3) is 0.125. The summed E-state index contributed by atoms with van der Waals surface area (Å²) in [6, 6.07) is 0. The fourth-order valence-electron chi connectivity index (χ4n) is 0.871. The molecule has 0 fully saturated rings. The summed E-state index contributed by atoms with van der Waals surface area (Å²) in [7, 11) is 0. The van der Waals surface area contributed by atoms with Crippen molar-refractivity contribution in [3.05, 3.63) is 34.7 Å². The fourth-order valence-corrected chi connectivity index (χ4v) is 1.04. The van der Waals surface area contributed by atoms with Gasteiger partial charge in [0.05, 0.1) is 5.57 Å². The maximum Gasteiger partial charge on any atom is 0.252 e. The van der Waals surface area contributed by atoms with Gasteiger partial charge in [0.15, 0.2) is 0 Å². The summed E-state index contributed by atoms with van der Waals surface area (Å²) >= 11 is 5.50. The third-order valence-corrected chi connectivity index (χ3v) is 1.41. The normalized spacial score (nSPS) is 10.8. The molecule has 0 aromatic rings. The molecular weight excluding hydrogens is 190 g/mol. The van der Waals surface area contributed by atoms with E-state index in [1.807, 2.05) is 0 Å². The van der Waals surface area contributed by atoms with Gasteiger partial charge in [0, 0.05) is 5.03 Å². The Labute approximate surface area is 81.7 Å². The minimum atomic E-state index is -0.688. The second-order valence-electron chi connectivity index (χ2n) is 2.47. The van der Waals surface area contributed by atoms with Crippen molar-refractivity contribution in [3.8, 4) is 0 Å². The average molecular weight is 202 g/mol. The number of rotatable bonds is 3. The zero-order valence-electron chi connectivity index (χ0n) is 7.30. The van der Waals surface area contributed by atoms with E-state index in [2.05, 4.69) is 6.58 Å². The molecule has 72 valence electrons. The zero-order chi connectivity index (χ0) is 10.6. The molecule has 0 aliphatic rings. The highest BCUT2D eigenvalue weighted by molar-refractivity contribution is 6.31. The van der Waals surface area contributed by atoms with Crippen LogP contribution in [0.3, 0.4) is 0 Å². The lowest BCUT2D eigenvalue weighted by molar-refractivity contribution is -0.114. The van der Waals surface area contributed by atoms with E-state index in [9.17, 15) is 4.79 Å². The lowest BCUT2D eigenvalue weighted by atomic mass is 10.1. The average Bonchev–Trinajstić information content (AvgIpc) is 1.81. The van der Waals surface area contributed by atoms with Crippen LogP contribution in [0.1, 0.15) is 6.92 Å². The van der Waals surface area contributed by atoms with Gasteiger partial charge in [0.2, 0.25) is 0 Å². The van der Waals surface area contributed by atoms with E-state index in [0.29, 0.717) is 5.57 Å². The molecule has 0 aromatic heterocycles. The van der Waals surface area contributed by atoms with Crippen LogP contribution >= 0.6 is 11.6 Å². The van der Waals surface area contributed by atoms with Gasteiger partial charge < -0.3 is 17.2 Å². The van der Waals surface area contributed by atoms with Gasteiger partial charge in [-0.15, -0.1) is 0 Å². The number of hydrogen-bond donors (Lipinski definition) is 3. The molecule has 0 rings (SSSR count). The third kappa shape index (κ3) is 3.66. The molecule has 0 saturated carbocycles. The summed E-state index contributed by atoms with van der Waals surface area (Å²) in [5, 5.41) is 0.275. The van der Waals surface area contributed by atoms with Gasteiger partial charge in [-0.2, -0.15) is 0 Å². The SMILES string of the molecule is C=C(Cl)/C=C(/C)C(C(N)=O)=C(N)N. The molecular formula is C8H12ClN3O. The number of carbonyl (C=O) groups excluding carboxylic acids is 1. The summed E-state index contributed by atoms with van der Waals surface area (Å²) in [4.78, 5) is 10.9. The molecule has 4 nitrogen and oxygen atoms in total. The third-order valence-electron chi connectivity index (χ3n) is 1.30. The monoisotopic (exact) mass is 201 g/mol. The number of halogens is 1. The number of primary amides is 1. The van der Waals surface area contributed by atoms with E-state index in [0.717, 1.165) is 0 Å². The van der Waals surface area contributed by atoms with Crippen molar-refractivity contribution in [1.82, 2.24) is 0 Å². The number of amides is 1. The van der Waals surface area contributed by atoms with Crippen molar-refractivity contribution < 1.29 is 4.79 Å². The largest absolute Gasteiger partial charge is 0.385 e. The molecule has 0 heterocycles. The van der Waals surface area contributed by atoms with Gasteiger partial charge >= 0.3 is 0 Å². The Morgan fingerprint density at radius 3 is 2.08 bits per heavy atom. The summed E-state index contributed by atoms with van der Waals surface area (Å²) in [6.45, 7) is 5.05. The first-order valence-corrected chi connectivity index (χ1v) is 3.82. The highest BCUT2D eigenvalue weighted by atomic mass is 35.5. The van der Waals surface area contributed by atoms with Crippen molar-refractivity contribution in [2.24, 2.45) is 17.2 Å². The topological polar surface area (TPSA) is 95.1 Å². The van der Waals surface area contributed by atoms with Gasteiger partial charge in [-0.05, 0) is 18.6 Å². The van der Waals surface area contributed by atoms with Gasteiger partial charge in [0.25, 0.3) is 5.91 Å². The summed E-state index contributed by atoms with van der Waals surface area (Å²) < 4.78 is 0. The number of allylic oxidation sites excluding steroid dienone is 2. The van der Waals surface area contributed by atoms with Crippen LogP contribution < -0.4 is 17.2 Å². The van der Waals surface area contributed by atoms with Crippen molar-refractivity contribution in [2.75, 3.05) is 0 Å². The molecule has 0 aliphatic carbocycles. The molecule has 6 N–H and O–H groups in total. The van der Waals surface area contributed by atoms with Crippen LogP contribution in [-0.2, 0) is 4.79 Å². The number of carbonyl (C=O) groups is 1. The molecule has 0 spiro atoms. The highest BCUT2D eigenvalue weighted by Crippen LogP contribution is 2.13. The zero-order valence-corrected chi connectivity index (χ0v) is 8.06. The molecule has 0 atom stereocenters. The van der Waals surface area contributed by atoms with Crippen molar-refractivity contribution >= 4 is 17.5 Å². The Kier molecular flexibility index (Phi) is 4.07. The van der Waals surface area contributed by atoms with E-state index in [1.54, 1.807) is 6.92 Å². The van der Waals surface area contributed by atoms with Gasteiger partial charge in [0.1, 0.15) is 5.82 Å². The molecule has 5 heteroatoms. The number of nitrogens with two attached hydrogens (primary N) is 3. The second kappa shape index (κ2) is 4.57. The van der Waals surface area contributed by atoms with Crippen LogP contribution in [0.2, 0.25) is 0 Å². The van der Waals surface area contributed by atoms with Crippen molar-refractivity contribution in [1.29, 1.82) is 0 Å². The maximum atomic E-state index is 10.9. The Balaban J connectivity index is 5.13. The molecule has 0 saturated heterocycles. The molecule has 1 amide bonds. The van der Waals surface area contributed by atoms with Gasteiger partial charge in [-0.1, -0.05) is 18.2 Å². The Bertz CT molecular complexity index is 301. The van der Waals surface area contributed by atoms with Crippen LogP contribution in [0, 0.1) is 0 Å². The standard InChI is InChI=1S/C8H12ClN3O/c1-4(3-5(2)9)6(7(10)11)8(12)13/h3H,2,10-11H2,1H3,(H2,12,13)/b4-3-. The Morgan fingerprint density at radius 2 is 1.85 bits per heavy atom. The van der Waals surface area contributed by atoms with Crippen LogP contribution in [0.15, 0.2) is 34.7 Å². The van der Waals surface area contributed by atoms with Crippen LogP contribution in [-0.4, -0.2) is 5.91 Å². The Hall–Kier alpha value is -1.42. The minimum absolute atomic E-state index is 0.0711. The lowest BCUT2D eigenvalue weighted by Gasteiger charge is -2.04. The van der Waals surface area contributed by atoms with E-state index in [-0.39, 0.29) is 16.4 Å². The highest BCUT2D eigenvalue weighted by Gasteiger charge is 2.10. The molecule has 0 bridgehead atoms. The first-order chi connectivity index (χ1) is 5.86. The van der Waals surface area contributed by atoms with Gasteiger partial charge in [-0.3, -0.25) is 4.79 Å². The van der Waals surface area contributed by atoms with Crippen LogP contribution in [0.25, 0.3) is 0 Å². The van der Waals surface area contributed by atoms with Crippen LogP contribution in [0.5, 0.6) is 0 Å². The van der Waals surface area contributed by atoms with E-state index in [4.69, 9.17) is 28.8 Å². The molecule has 0 aromatic carbocycles. The maximum absolute atomic E-state index is 10.9. The quantitative estimate of drug-likeness (QED) is 0.453. The van der Waals surface area contributed by atoms with Gasteiger partial charge in [-0.25, -0.2) is 0 Å². The summed E-state index contributed by atoms with van der Waals surface area (Å²) in [5.74, 6) is -0.814. The Morgan fingerprint density at radius 1 is 1.38 bits per heavy atom. The van der Waals surface area contributed by atoms with E-state index in [1.165, 1.54) is 6.08 Å². The summed E-state index contributed by atoms with van der Waals surface area (Å²) in [6.07, 6.45) is 1.46. The van der Waals surface area contributed by atoms with Crippen molar-refractivity contribution in [3.63, 3.8) is 0 Å². The van der Waals surface area contributed by atoms with E-state index < -0.39 is 5.91 Å². The lowest BCUT2D eigenvalue weighted by Crippen LogP contribution is -2.23. The second-order valence-corrected chi connectivity index (χ2v) is 2.95. The molecule has 0 radical (unpaired) electrons. The summed E-state index contributed by atoms with van der Waals surface area (Å²) in [5.41, 5.74) is 16.1. The number of hydrogen-bond acceptors (Lipinski definition) is 3.